The van der Waals surface area contributed by atoms with E-state index in [1.165, 1.54) is 24.3 Å². The summed E-state index contributed by atoms with van der Waals surface area (Å²) in [6.07, 6.45) is 0. The van der Waals surface area contributed by atoms with Crippen molar-refractivity contribution in [1.29, 1.82) is 0 Å². The fraction of sp³-hybridized carbons (Fsp3) is 0.130. The molecule has 0 spiro atoms. The lowest BCUT2D eigenvalue weighted by molar-refractivity contribution is -0.117. The quantitative estimate of drug-likeness (QED) is 0.274. The molecule has 1 fully saturated rings. The second kappa shape index (κ2) is 9.74. The summed E-state index contributed by atoms with van der Waals surface area (Å²) in [5, 5.41) is 5.86. The van der Waals surface area contributed by atoms with E-state index in [2.05, 4.69) is 42.5 Å². The largest absolute Gasteiger partial charge is 0.326 e. The summed E-state index contributed by atoms with van der Waals surface area (Å²) < 4.78 is 27.1. The van der Waals surface area contributed by atoms with Crippen molar-refractivity contribution in [3.63, 3.8) is 0 Å². The number of benzene rings is 3. The van der Waals surface area contributed by atoms with Gasteiger partial charge in [0.25, 0.3) is 5.91 Å². The van der Waals surface area contributed by atoms with Gasteiger partial charge < -0.3 is 10.6 Å². The molecule has 0 bridgehead atoms. The number of amides is 2. The Morgan fingerprint density at radius 2 is 1.50 bits per heavy atom. The van der Waals surface area contributed by atoms with Crippen LogP contribution in [0.5, 0.6) is 0 Å². The van der Waals surface area contributed by atoms with Gasteiger partial charge in [0.1, 0.15) is 20.6 Å². The summed E-state index contributed by atoms with van der Waals surface area (Å²) in [7, 11) is 0. The van der Waals surface area contributed by atoms with Crippen LogP contribution in [0.1, 0.15) is 21.8 Å². The summed E-state index contributed by atoms with van der Waals surface area (Å²) in [5.41, 5.74) is 0.385. The van der Waals surface area contributed by atoms with E-state index in [-0.39, 0.29) is 28.1 Å². The highest BCUT2D eigenvalue weighted by Gasteiger charge is 2.66. The first-order chi connectivity index (χ1) is 16.0. The lowest BCUT2D eigenvalue weighted by atomic mass is 10.1. The van der Waals surface area contributed by atoms with Crippen LogP contribution in [-0.2, 0) is 4.79 Å². The van der Waals surface area contributed by atoms with E-state index in [0.717, 1.165) is 17.7 Å². The number of hydrogen-bond donors (Lipinski definition) is 2. The molecule has 1 saturated carbocycles. The van der Waals surface area contributed by atoms with E-state index in [9.17, 15) is 18.4 Å². The number of alkyl halides is 2. The van der Waals surface area contributed by atoms with Gasteiger partial charge >= 0.3 is 0 Å². The molecule has 3 aromatic rings. The van der Waals surface area contributed by atoms with Gasteiger partial charge in [-0.3, -0.25) is 9.59 Å². The zero-order valence-corrected chi connectivity index (χ0v) is 22.3. The lowest BCUT2D eigenvalue weighted by Crippen LogP contribution is -2.18. The minimum atomic E-state index is -0.930. The van der Waals surface area contributed by atoms with Crippen LogP contribution >= 0.6 is 66.7 Å². The highest BCUT2D eigenvalue weighted by molar-refractivity contribution is 9.25. The molecule has 0 aliphatic heterocycles. The first-order valence-corrected chi connectivity index (χ1v) is 12.4. The molecule has 0 aromatic heterocycles. The number of anilines is 2. The molecule has 2 atom stereocenters. The van der Waals surface area contributed by atoms with Crippen LogP contribution < -0.4 is 10.6 Å². The van der Waals surface area contributed by atoms with Crippen molar-refractivity contribution in [1.82, 2.24) is 0 Å². The molecule has 2 N–H and O–H groups in total. The van der Waals surface area contributed by atoms with Crippen LogP contribution in [0.4, 0.5) is 20.2 Å². The van der Waals surface area contributed by atoms with E-state index < -0.39 is 32.4 Å². The number of para-hydroxylation sites is 1. The monoisotopic (exact) mass is 650 g/mol. The lowest BCUT2D eigenvalue weighted by Gasteiger charge is -2.11. The Hall–Kier alpha value is -1.71. The van der Waals surface area contributed by atoms with Crippen LogP contribution in [0.15, 0.2) is 54.6 Å². The zero-order valence-electron chi connectivity index (χ0n) is 16.8. The second-order valence-electron chi connectivity index (χ2n) is 7.57. The van der Waals surface area contributed by atoms with E-state index >= 15 is 0 Å². The van der Waals surface area contributed by atoms with E-state index in [4.69, 9.17) is 34.8 Å². The minimum Gasteiger partial charge on any atom is -0.326 e. The van der Waals surface area contributed by atoms with Crippen LogP contribution in [0, 0.1) is 17.6 Å². The van der Waals surface area contributed by atoms with Crippen molar-refractivity contribution in [2.45, 2.75) is 9.15 Å². The van der Waals surface area contributed by atoms with E-state index in [1.54, 1.807) is 18.2 Å². The Morgan fingerprint density at radius 3 is 2.12 bits per heavy atom. The van der Waals surface area contributed by atoms with Crippen molar-refractivity contribution in [2.75, 3.05) is 10.6 Å². The average molecular weight is 654 g/mol. The molecule has 176 valence electrons. The number of carbonyl (C=O) groups excluding carboxylic acids is 2. The molecule has 3 aromatic carbocycles. The van der Waals surface area contributed by atoms with Gasteiger partial charge in [-0.1, -0.05) is 72.7 Å². The maximum Gasteiger partial charge on any atom is 0.257 e. The molecular formula is C23H13Br2Cl3F2N2O2. The highest BCUT2D eigenvalue weighted by Crippen LogP contribution is 2.67. The van der Waals surface area contributed by atoms with Crippen LogP contribution in [0.25, 0.3) is 0 Å². The fourth-order valence-corrected chi connectivity index (χ4v) is 6.10. The zero-order chi connectivity index (χ0) is 24.8. The summed E-state index contributed by atoms with van der Waals surface area (Å²) >= 11 is 25.4. The van der Waals surface area contributed by atoms with Crippen molar-refractivity contribution >= 4 is 89.9 Å². The summed E-state index contributed by atoms with van der Waals surface area (Å²) in [6, 6.07) is 12.5. The van der Waals surface area contributed by atoms with Crippen LogP contribution in [0.2, 0.25) is 15.1 Å². The first-order valence-electron chi connectivity index (χ1n) is 9.68. The fourth-order valence-electron chi connectivity index (χ4n) is 3.62. The molecule has 0 heterocycles. The predicted molar refractivity (Wildman–Crippen MR) is 138 cm³/mol. The molecule has 2 amide bonds. The maximum absolute atomic E-state index is 13.9. The number of hydrogen-bond acceptors (Lipinski definition) is 2. The van der Waals surface area contributed by atoms with Gasteiger partial charge in [0, 0.05) is 21.7 Å². The third-order valence-electron chi connectivity index (χ3n) is 5.26. The Balaban J connectivity index is 1.53. The van der Waals surface area contributed by atoms with Gasteiger partial charge in [-0.05, 0) is 54.1 Å². The van der Waals surface area contributed by atoms with Gasteiger partial charge in [0.2, 0.25) is 5.91 Å². The highest BCUT2D eigenvalue weighted by atomic mass is 79.9. The van der Waals surface area contributed by atoms with Crippen molar-refractivity contribution in [3.8, 4) is 0 Å². The SMILES string of the molecule is O=C(Nc1c(F)cccc1F)c1cc(NC(=O)C2C(c3cc(Cl)cc(Cl)c3)C2(Br)Br)ccc1Cl. The molecular weight excluding hydrogens is 640 g/mol. The van der Waals surface area contributed by atoms with Crippen LogP contribution in [0.3, 0.4) is 0 Å². The molecule has 0 saturated heterocycles. The topological polar surface area (TPSA) is 58.2 Å². The maximum atomic E-state index is 13.9. The number of nitrogens with one attached hydrogen (secondary N) is 2. The molecule has 4 rings (SSSR count). The Morgan fingerprint density at radius 1 is 0.882 bits per heavy atom. The molecule has 34 heavy (non-hydrogen) atoms. The molecule has 1 aliphatic rings. The predicted octanol–water partition coefficient (Wildman–Crippen LogP) is 8.02. The Labute approximate surface area is 225 Å². The van der Waals surface area contributed by atoms with Gasteiger partial charge in [-0.15, -0.1) is 0 Å². The molecule has 0 radical (unpaired) electrons. The first kappa shape index (κ1) is 25.4. The van der Waals surface area contributed by atoms with E-state index in [0.29, 0.717) is 10.0 Å². The summed E-state index contributed by atoms with van der Waals surface area (Å²) in [6.45, 7) is 0. The molecule has 1 aliphatic carbocycles. The van der Waals surface area contributed by atoms with Gasteiger partial charge in [0.05, 0.1) is 16.5 Å². The minimum absolute atomic E-state index is 0.0421. The Bertz CT molecular complexity index is 1280. The average Bonchev–Trinajstić information content (AvgIpc) is 3.33. The number of rotatable bonds is 5. The third-order valence-corrected chi connectivity index (χ3v) is 8.00. The molecule has 4 nitrogen and oxygen atoms in total. The van der Waals surface area contributed by atoms with Crippen molar-refractivity contribution < 1.29 is 18.4 Å². The number of carbonyl (C=O) groups is 2. The van der Waals surface area contributed by atoms with Crippen molar-refractivity contribution in [2.24, 2.45) is 5.92 Å². The Kier molecular flexibility index (Phi) is 7.27. The van der Waals surface area contributed by atoms with Gasteiger partial charge in [-0.2, -0.15) is 0 Å². The van der Waals surface area contributed by atoms with E-state index in [1.807, 2.05) is 0 Å². The summed E-state index contributed by atoms with van der Waals surface area (Å²) in [4.78, 5) is 25.7. The molecule has 2 unspecified atom stereocenters. The standard InChI is InChI=1S/C23H13Br2Cl3F2N2O2/c24-23(25)18(10-6-11(26)8-12(27)7-10)19(23)22(34)31-13-4-5-15(28)14(9-13)21(33)32-20-16(29)2-1-3-17(20)30/h1-9,18-19H,(H,31,34)(H,32,33). The second-order valence-corrected chi connectivity index (χ2v) is 12.5. The van der Waals surface area contributed by atoms with Crippen LogP contribution in [-0.4, -0.2) is 15.0 Å². The summed E-state index contributed by atoms with van der Waals surface area (Å²) in [5.74, 6) is -3.83. The normalized spacial score (nSPS) is 18.3. The third kappa shape index (κ3) is 5.11. The molecule has 11 heteroatoms. The van der Waals surface area contributed by atoms with Crippen molar-refractivity contribution in [3.05, 3.63) is 92.4 Å². The van der Waals surface area contributed by atoms with Gasteiger partial charge in [-0.25, -0.2) is 8.78 Å². The van der Waals surface area contributed by atoms with Gasteiger partial charge in [0.15, 0.2) is 0 Å². The smallest absolute Gasteiger partial charge is 0.257 e. The number of halogens is 7.